The largest absolute Gasteiger partial charge is 0.355 e. The van der Waals surface area contributed by atoms with Crippen LogP contribution >= 0.6 is 0 Å². The Labute approximate surface area is 119 Å². The fraction of sp³-hybridized carbons (Fsp3) is 0.643. The molecule has 110 valence electrons. The van der Waals surface area contributed by atoms with Gasteiger partial charge in [0.05, 0.1) is 11.0 Å². The Hall–Kier alpha value is -1.69. The van der Waals surface area contributed by atoms with Crippen LogP contribution in [0.1, 0.15) is 26.7 Å². The maximum atomic E-state index is 10.9. The molecule has 6 nitrogen and oxygen atoms in total. The smallest absolute Gasteiger partial charge is 0.274 e. The van der Waals surface area contributed by atoms with Gasteiger partial charge >= 0.3 is 0 Å². The lowest BCUT2D eigenvalue weighted by molar-refractivity contribution is -0.384. The standard InChI is InChI=1S/C14H22N4O2/c1-11(2)9-17(10-12-4-3-6-15-12)14-8-13(18(19)20)5-7-16-14/h5,7-8,11-12,15H,3-4,6,9-10H2,1-2H3. The molecule has 0 bridgehead atoms. The summed E-state index contributed by atoms with van der Waals surface area (Å²) in [6.45, 7) is 7.06. The highest BCUT2D eigenvalue weighted by molar-refractivity contribution is 5.46. The Morgan fingerprint density at radius 1 is 1.60 bits per heavy atom. The normalized spacial score (nSPS) is 18.4. The zero-order chi connectivity index (χ0) is 14.5. The van der Waals surface area contributed by atoms with E-state index in [1.54, 1.807) is 6.07 Å². The Kier molecular flexibility index (Phi) is 4.89. The fourth-order valence-corrected chi connectivity index (χ4v) is 2.58. The molecule has 0 amide bonds. The molecular formula is C14H22N4O2. The second-order valence-electron chi connectivity index (χ2n) is 5.72. The lowest BCUT2D eigenvalue weighted by Gasteiger charge is -2.28. The van der Waals surface area contributed by atoms with Gasteiger partial charge in [0.1, 0.15) is 5.82 Å². The van der Waals surface area contributed by atoms with E-state index in [-0.39, 0.29) is 10.6 Å². The first-order valence-electron chi connectivity index (χ1n) is 7.15. The van der Waals surface area contributed by atoms with E-state index in [9.17, 15) is 10.1 Å². The van der Waals surface area contributed by atoms with Crippen molar-refractivity contribution < 1.29 is 4.92 Å². The molecule has 1 unspecified atom stereocenters. The first kappa shape index (κ1) is 14.7. The van der Waals surface area contributed by atoms with Gasteiger partial charge in [0.2, 0.25) is 0 Å². The van der Waals surface area contributed by atoms with Crippen LogP contribution in [0.4, 0.5) is 11.5 Å². The second-order valence-corrected chi connectivity index (χ2v) is 5.72. The second kappa shape index (κ2) is 6.65. The van der Waals surface area contributed by atoms with Crippen molar-refractivity contribution in [2.24, 2.45) is 5.92 Å². The SMILES string of the molecule is CC(C)CN(CC1CCCN1)c1cc([N+](=O)[O-])ccn1. The van der Waals surface area contributed by atoms with Crippen LogP contribution in [0.15, 0.2) is 18.3 Å². The van der Waals surface area contributed by atoms with Gasteiger partial charge in [-0.05, 0) is 25.3 Å². The Morgan fingerprint density at radius 2 is 2.40 bits per heavy atom. The van der Waals surface area contributed by atoms with Gasteiger partial charge < -0.3 is 10.2 Å². The molecule has 1 fully saturated rings. The van der Waals surface area contributed by atoms with E-state index >= 15 is 0 Å². The first-order chi connectivity index (χ1) is 9.56. The lowest BCUT2D eigenvalue weighted by atomic mass is 10.1. The quantitative estimate of drug-likeness (QED) is 0.638. The average Bonchev–Trinajstić information content (AvgIpc) is 2.90. The molecule has 1 aromatic heterocycles. The molecule has 1 aromatic rings. The van der Waals surface area contributed by atoms with Crippen LogP contribution in [-0.4, -0.2) is 35.6 Å². The first-order valence-corrected chi connectivity index (χ1v) is 7.15. The molecule has 1 atom stereocenters. The van der Waals surface area contributed by atoms with Crippen LogP contribution < -0.4 is 10.2 Å². The number of nitrogens with zero attached hydrogens (tertiary/aromatic N) is 3. The van der Waals surface area contributed by atoms with Crippen LogP contribution in [-0.2, 0) is 0 Å². The van der Waals surface area contributed by atoms with Crippen LogP contribution in [0.25, 0.3) is 0 Å². The maximum Gasteiger partial charge on any atom is 0.274 e. The van der Waals surface area contributed by atoms with Gasteiger partial charge in [0.15, 0.2) is 0 Å². The minimum atomic E-state index is -0.368. The molecule has 1 saturated heterocycles. The van der Waals surface area contributed by atoms with Crippen LogP contribution in [0, 0.1) is 16.0 Å². The molecule has 2 heterocycles. The number of hydrogen-bond donors (Lipinski definition) is 1. The number of rotatable bonds is 6. The van der Waals surface area contributed by atoms with Crippen molar-refractivity contribution in [3.63, 3.8) is 0 Å². The summed E-state index contributed by atoms with van der Waals surface area (Å²) in [6.07, 6.45) is 3.87. The summed E-state index contributed by atoms with van der Waals surface area (Å²) in [5, 5.41) is 14.4. The molecule has 0 saturated carbocycles. The summed E-state index contributed by atoms with van der Waals surface area (Å²) in [4.78, 5) is 17.0. The molecule has 0 spiro atoms. The number of hydrogen-bond acceptors (Lipinski definition) is 5. The minimum absolute atomic E-state index is 0.100. The van der Waals surface area contributed by atoms with E-state index in [0.717, 1.165) is 26.1 Å². The zero-order valence-corrected chi connectivity index (χ0v) is 12.1. The van der Waals surface area contributed by atoms with Crippen LogP contribution in [0.5, 0.6) is 0 Å². The monoisotopic (exact) mass is 278 g/mol. The van der Waals surface area contributed by atoms with Crippen molar-refractivity contribution >= 4 is 11.5 Å². The third kappa shape index (κ3) is 3.90. The Balaban J connectivity index is 2.15. The van der Waals surface area contributed by atoms with Crippen molar-refractivity contribution in [1.29, 1.82) is 0 Å². The van der Waals surface area contributed by atoms with Gasteiger partial charge in [-0.1, -0.05) is 13.8 Å². The van der Waals surface area contributed by atoms with Crippen LogP contribution in [0.3, 0.4) is 0 Å². The van der Waals surface area contributed by atoms with Gasteiger partial charge in [0.25, 0.3) is 5.69 Å². The highest BCUT2D eigenvalue weighted by Gasteiger charge is 2.20. The van der Waals surface area contributed by atoms with Gasteiger partial charge in [-0.3, -0.25) is 10.1 Å². The molecule has 0 aromatic carbocycles. The zero-order valence-electron chi connectivity index (χ0n) is 12.1. The van der Waals surface area contributed by atoms with Crippen molar-refractivity contribution in [3.8, 4) is 0 Å². The van der Waals surface area contributed by atoms with Crippen molar-refractivity contribution in [1.82, 2.24) is 10.3 Å². The Morgan fingerprint density at radius 3 is 3.00 bits per heavy atom. The molecular weight excluding hydrogens is 256 g/mol. The number of anilines is 1. The molecule has 20 heavy (non-hydrogen) atoms. The predicted molar refractivity (Wildman–Crippen MR) is 79.0 cm³/mol. The maximum absolute atomic E-state index is 10.9. The summed E-state index contributed by atoms with van der Waals surface area (Å²) in [6, 6.07) is 3.46. The van der Waals surface area contributed by atoms with E-state index < -0.39 is 0 Å². The van der Waals surface area contributed by atoms with E-state index in [1.807, 2.05) is 0 Å². The van der Waals surface area contributed by atoms with Gasteiger partial charge in [-0.2, -0.15) is 0 Å². The van der Waals surface area contributed by atoms with Gasteiger partial charge in [-0.15, -0.1) is 0 Å². The Bertz CT molecular complexity index is 458. The van der Waals surface area contributed by atoms with E-state index in [1.165, 1.54) is 18.7 Å². The summed E-state index contributed by atoms with van der Waals surface area (Å²) in [7, 11) is 0. The third-order valence-corrected chi connectivity index (χ3v) is 3.45. The molecule has 0 radical (unpaired) electrons. The summed E-state index contributed by atoms with van der Waals surface area (Å²) in [5.74, 6) is 1.18. The van der Waals surface area contributed by atoms with E-state index in [4.69, 9.17) is 0 Å². The molecule has 0 aliphatic carbocycles. The highest BCUT2D eigenvalue weighted by Crippen LogP contribution is 2.20. The summed E-state index contributed by atoms with van der Waals surface area (Å²) in [5.41, 5.74) is 0.100. The molecule has 1 aliphatic rings. The molecule has 6 heteroatoms. The molecule has 1 N–H and O–H groups in total. The van der Waals surface area contributed by atoms with E-state index in [2.05, 4.69) is 29.0 Å². The highest BCUT2D eigenvalue weighted by atomic mass is 16.6. The fourth-order valence-electron chi connectivity index (χ4n) is 2.58. The van der Waals surface area contributed by atoms with Crippen molar-refractivity contribution in [2.75, 3.05) is 24.5 Å². The predicted octanol–water partition coefficient (Wildman–Crippen LogP) is 2.20. The molecule has 2 rings (SSSR count). The number of nitro groups is 1. The number of nitrogens with one attached hydrogen (secondary N) is 1. The summed E-state index contributed by atoms with van der Waals surface area (Å²) < 4.78 is 0. The summed E-state index contributed by atoms with van der Waals surface area (Å²) >= 11 is 0. The number of pyridine rings is 1. The van der Waals surface area contributed by atoms with Crippen molar-refractivity contribution in [2.45, 2.75) is 32.7 Å². The number of aromatic nitrogens is 1. The van der Waals surface area contributed by atoms with Crippen molar-refractivity contribution in [3.05, 3.63) is 28.4 Å². The third-order valence-electron chi connectivity index (χ3n) is 3.45. The van der Waals surface area contributed by atoms with E-state index in [0.29, 0.717) is 17.8 Å². The average molecular weight is 278 g/mol. The van der Waals surface area contributed by atoms with Gasteiger partial charge in [-0.25, -0.2) is 4.98 Å². The topological polar surface area (TPSA) is 71.3 Å². The lowest BCUT2D eigenvalue weighted by Crippen LogP contribution is -2.39. The van der Waals surface area contributed by atoms with Crippen LogP contribution in [0.2, 0.25) is 0 Å². The molecule has 1 aliphatic heterocycles. The minimum Gasteiger partial charge on any atom is -0.355 e. The van der Waals surface area contributed by atoms with Gasteiger partial charge in [0, 0.05) is 31.4 Å².